The molecular formula is C15H27N3O2S. The number of benzene rings is 1. The molecule has 0 aromatic heterocycles. The Balaban J connectivity index is 2.39. The van der Waals surface area contributed by atoms with Crippen LogP contribution in [-0.4, -0.2) is 39.5 Å². The first-order valence-electron chi connectivity index (χ1n) is 7.48. The van der Waals surface area contributed by atoms with Gasteiger partial charge in [-0.2, -0.15) is 0 Å². The number of hydrogen-bond donors (Lipinski definition) is 2. The van der Waals surface area contributed by atoms with E-state index in [-0.39, 0.29) is 5.75 Å². The minimum absolute atomic E-state index is 0.0170. The van der Waals surface area contributed by atoms with Crippen molar-refractivity contribution in [3.63, 3.8) is 0 Å². The monoisotopic (exact) mass is 313 g/mol. The highest BCUT2D eigenvalue weighted by Crippen LogP contribution is 2.07. The van der Waals surface area contributed by atoms with Gasteiger partial charge in [-0.15, -0.1) is 0 Å². The molecule has 0 saturated heterocycles. The average Bonchev–Trinajstić information content (AvgIpc) is 2.48. The number of sulfonamides is 1. The normalized spacial score (nSPS) is 12.0. The number of nitrogens with one attached hydrogen (secondary N) is 1. The largest absolute Gasteiger partial charge is 0.326 e. The van der Waals surface area contributed by atoms with Gasteiger partial charge in [0.25, 0.3) is 0 Å². The quantitative estimate of drug-likeness (QED) is 0.638. The van der Waals surface area contributed by atoms with E-state index >= 15 is 0 Å². The van der Waals surface area contributed by atoms with Crippen molar-refractivity contribution in [2.45, 2.75) is 32.6 Å². The van der Waals surface area contributed by atoms with Gasteiger partial charge >= 0.3 is 0 Å². The molecule has 0 unspecified atom stereocenters. The second-order valence-electron chi connectivity index (χ2n) is 5.05. The van der Waals surface area contributed by atoms with E-state index in [9.17, 15) is 8.42 Å². The summed E-state index contributed by atoms with van der Waals surface area (Å²) >= 11 is 0. The number of rotatable bonds is 10. The van der Waals surface area contributed by atoms with Crippen molar-refractivity contribution in [2.75, 3.05) is 26.2 Å². The molecule has 6 heteroatoms. The summed E-state index contributed by atoms with van der Waals surface area (Å²) in [7, 11) is -3.27. The number of nitrogens with zero attached hydrogens (tertiary/aromatic N) is 1. The lowest BCUT2D eigenvalue weighted by Gasteiger charge is -2.17. The van der Waals surface area contributed by atoms with Crippen molar-refractivity contribution in [1.29, 1.82) is 0 Å². The van der Waals surface area contributed by atoms with Gasteiger partial charge in [-0.05, 0) is 37.2 Å². The van der Waals surface area contributed by atoms with Crippen LogP contribution in [-0.2, 0) is 22.3 Å². The molecule has 0 fully saturated rings. The molecule has 0 aliphatic heterocycles. The van der Waals surface area contributed by atoms with Crippen LogP contribution in [0.15, 0.2) is 24.3 Å². The van der Waals surface area contributed by atoms with Crippen LogP contribution in [0.4, 0.5) is 0 Å². The third kappa shape index (κ3) is 7.04. The maximum atomic E-state index is 12.0. The summed E-state index contributed by atoms with van der Waals surface area (Å²) in [5.74, 6) is 0.0170. The van der Waals surface area contributed by atoms with Gasteiger partial charge in [0, 0.05) is 13.1 Å². The summed E-state index contributed by atoms with van der Waals surface area (Å²) in [4.78, 5) is 2.28. The summed E-state index contributed by atoms with van der Waals surface area (Å²) in [6.07, 6.45) is 0.826. The van der Waals surface area contributed by atoms with Crippen LogP contribution in [0.2, 0.25) is 0 Å². The van der Waals surface area contributed by atoms with Crippen LogP contribution in [0.25, 0.3) is 0 Å². The lowest BCUT2D eigenvalue weighted by molar-refractivity contribution is 0.300. The second-order valence-corrected chi connectivity index (χ2v) is 6.86. The average molecular weight is 313 g/mol. The van der Waals surface area contributed by atoms with E-state index in [1.165, 1.54) is 0 Å². The molecule has 0 spiro atoms. The Bertz CT molecular complexity index is 496. The molecule has 0 radical (unpaired) electrons. The van der Waals surface area contributed by atoms with Crippen molar-refractivity contribution in [2.24, 2.45) is 5.73 Å². The summed E-state index contributed by atoms with van der Waals surface area (Å²) in [6, 6.07) is 7.37. The molecule has 120 valence electrons. The van der Waals surface area contributed by atoms with Crippen LogP contribution >= 0.6 is 0 Å². The summed E-state index contributed by atoms with van der Waals surface area (Å²) in [5, 5.41) is 0. The fourth-order valence-electron chi connectivity index (χ4n) is 2.11. The molecule has 0 bridgehead atoms. The SMILES string of the molecule is CCN(CC)CCCNS(=O)(=O)Cc1ccc(CN)cc1. The second kappa shape index (κ2) is 9.15. The Hall–Kier alpha value is -0.950. The number of hydrogen-bond acceptors (Lipinski definition) is 4. The summed E-state index contributed by atoms with van der Waals surface area (Å²) in [5.41, 5.74) is 7.30. The minimum atomic E-state index is -3.27. The molecular weight excluding hydrogens is 286 g/mol. The molecule has 21 heavy (non-hydrogen) atoms. The molecule has 0 heterocycles. The first-order valence-corrected chi connectivity index (χ1v) is 9.13. The van der Waals surface area contributed by atoms with Crippen molar-refractivity contribution >= 4 is 10.0 Å². The third-order valence-electron chi connectivity index (χ3n) is 3.48. The van der Waals surface area contributed by atoms with Crippen LogP contribution in [0.5, 0.6) is 0 Å². The maximum Gasteiger partial charge on any atom is 0.215 e. The van der Waals surface area contributed by atoms with Crippen LogP contribution < -0.4 is 10.5 Å². The van der Waals surface area contributed by atoms with E-state index in [4.69, 9.17) is 5.73 Å². The Labute approximate surface area is 128 Å². The molecule has 1 rings (SSSR count). The standard InChI is InChI=1S/C15H27N3O2S/c1-3-18(4-2)11-5-10-17-21(19,20)13-15-8-6-14(12-16)7-9-15/h6-9,17H,3-5,10-13,16H2,1-2H3. The van der Waals surface area contributed by atoms with Crippen LogP contribution in [0, 0.1) is 0 Å². The van der Waals surface area contributed by atoms with Crippen LogP contribution in [0.1, 0.15) is 31.4 Å². The van der Waals surface area contributed by atoms with Gasteiger partial charge in [-0.25, -0.2) is 13.1 Å². The van der Waals surface area contributed by atoms with Gasteiger partial charge in [0.05, 0.1) is 5.75 Å². The molecule has 0 atom stereocenters. The zero-order chi connectivity index (χ0) is 15.7. The molecule has 0 saturated carbocycles. The smallest absolute Gasteiger partial charge is 0.215 e. The van der Waals surface area contributed by atoms with Gasteiger partial charge in [-0.3, -0.25) is 0 Å². The van der Waals surface area contributed by atoms with Gasteiger partial charge in [0.1, 0.15) is 0 Å². The van der Waals surface area contributed by atoms with Gasteiger partial charge in [0.15, 0.2) is 0 Å². The van der Waals surface area contributed by atoms with Crippen molar-refractivity contribution < 1.29 is 8.42 Å². The lowest BCUT2D eigenvalue weighted by atomic mass is 10.1. The van der Waals surface area contributed by atoms with E-state index in [2.05, 4.69) is 23.5 Å². The molecule has 1 aromatic carbocycles. The van der Waals surface area contributed by atoms with Gasteiger partial charge < -0.3 is 10.6 Å². The molecule has 0 amide bonds. The van der Waals surface area contributed by atoms with Crippen molar-refractivity contribution in [1.82, 2.24) is 9.62 Å². The maximum absolute atomic E-state index is 12.0. The van der Waals surface area contributed by atoms with Gasteiger partial charge in [-0.1, -0.05) is 38.1 Å². The van der Waals surface area contributed by atoms with E-state index in [0.29, 0.717) is 13.1 Å². The van der Waals surface area contributed by atoms with Crippen LogP contribution in [0.3, 0.4) is 0 Å². The zero-order valence-electron chi connectivity index (χ0n) is 13.0. The highest BCUT2D eigenvalue weighted by atomic mass is 32.2. The summed E-state index contributed by atoms with van der Waals surface area (Å²) in [6.45, 7) is 8.09. The Morgan fingerprint density at radius 3 is 2.19 bits per heavy atom. The first-order chi connectivity index (χ1) is 10.0. The third-order valence-corrected chi connectivity index (χ3v) is 4.84. The van der Waals surface area contributed by atoms with Gasteiger partial charge in [0.2, 0.25) is 10.0 Å². The first kappa shape index (κ1) is 18.1. The van der Waals surface area contributed by atoms with Crippen molar-refractivity contribution in [3.05, 3.63) is 35.4 Å². The van der Waals surface area contributed by atoms with Crippen molar-refractivity contribution in [3.8, 4) is 0 Å². The van der Waals surface area contributed by atoms with E-state index in [1.54, 1.807) is 0 Å². The predicted octanol–water partition coefficient (Wildman–Crippen LogP) is 1.30. The Morgan fingerprint density at radius 1 is 1.10 bits per heavy atom. The molecule has 5 nitrogen and oxygen atoms in total. The zero-order valence-corrected chi connectivity index (χ0v) is 13.8. The topological polar surface area (TPSA) is 75.4 Å². The molecule has 0 aliphatic carbocycles. The Morgan fingerprint density at radius 2 is 1.67 bits per heavy atom. The van der Waals surface area contributed by atoms with E-state index in [1.807, 2.05) is 24.3 Å². The Kier molecular flexibility index (Phi) is 7.88. The lowest BCUT2D eigenvalue weighted by Crippen LogP contribution is -2.30. The summed E-state index contributed by atoms with van der Waals surface area (Å²) < 4.78 is 26.6. The highest BCUT2D eigenvalue weighted by Gasteiger charge is 2.11. The fourth-order valence-corrected chi connectivity index (χ4v) is 3.30. The van der Waals surface area contributed by atoms with E-state index in [0.717, 1.165) is 37.2 Å². The number of nitrogens with two attached hydrogens (primary N) is 1. The fraction of sp³-hybridized carbons (Fsp3) is 0.600. The highest BCUT2D eigenvalue weighted by molar-refractivity contribution is 7.88. The minimum Gasteiger partial charge on any atom is -0.326 e. The molecule has 0 aliphatic rings. The molecule has 1 aromatic rings. The molecule has 3 N–H and O–H groups in total. The van der Waals surface area contributed by atoms with E-state index < -0.39 is 10.0 Å². The predicted molar refractivity (Wildman–Crippen MR) is 87.4 cm³/mol.